The summed E-state index contributed by atoms with van der Waals surface area (Å²) in [6.45, 7) is 2.03. The second-order valence-corrected chi connectivity index (χ2v) is 4.62. The number of likely N-dealkylation sites (N-methyl/N-ethyl adjacent to an activating group) is 1. The molecule has 16 heavy (non-hydrogen) atoms. The van der Waals surface area contributed by atoms with Gasteiger partial charge in [0.05, 0.1) is 6.10 Å². The van der Waals surface area contributed by atoms with Crippen LogP contribution in [0.2, 0.25) is 10.0 Å². The Hall–Kier alpha value is -0.280. The lowest BCUT2D eigenvalue weighted by Crippen LogP contribution is -2.38. The predicted molar refractivity (Wildman–Crippen MR) is 69.5 cm³/mol. The minimum absolute atomic E-state index is 0.125. The third-order valence-electron chi connectivity index (χ3n) is 2.76. The van der Waals surface area contributed by atoms with E-state index in [9.17, 15) is 0 Å². The molecule has 0 aliphatic heterocycles. The fourth-order valence-electron chi connectivity index (χ4n) is 1.60. The molecule has 0 bridgehead atoms. The summed E-state index contributed by atoms with van der Waals surface area (Å²) in [5.41, 5.74) is 1.04. The van der Waals surface area contributed by atoms with Crippen LogP contribution in [0.4, 0.5) is 0 Å². The highest BCUT2D eigenvalue weighted by Gasteiger charge is 2.16. The number of benzene rings is 1. The molecule has 0 heterocycles. The van der Waals surface area contributed by atoms with Crippen molar-refractivity contribution in [2.24, 2.45) is 0 Å². The van der Waals surface area contributed by atoms with Gasteiger partial charge in [0.2, 0.25) is 0 Å². The first-order chi connectivity index (χ1) is 7.58. The molecular weight excluding hydrogens is 245 g/mol. The number of rotatable bonds is 5. The van der Waals surface area contributed by atoms with Crippen LogP contribution in [-0.4, -0.2) is 26.3 Å². The van der Waals surface area contributed by atoms with Gasteiger partial charge in [0, 0.05) is 23.2 Å². The van der Waals surface area contributed by atoms with E-state index in [2.05, 4.69) is 5.32 Å². The monoisotopic (exact) mass is 261 g/mol. The predicted octanol–water partition coefficient (Wildman–Crippen LogP) is 3.16. The van der Waals surface area contributed by atoms with Gasteiger partial charge in [-0.25, -0.2) is 0 Å². The topological polar surface area (TPSA) is 21.3 Å². The Balaban J connectivity index is 2.81. The zero-order valence-electron chi connectivity index (χ0n) is 9.76. The molecule has 0 aliphatic carbocycles. The molecule has 2 unspecified atom stereocenters. The SMILES string of the molecule is CNC(Cc1cc(Cl)ccc1Cl)C(C)OC. The van der Waals surface area contributed by atoms with Crippen molar-refractivity contribution in [2.45, 2.75) is 25.5 Å². The van der Waals surface area contributed by atoms with E-state index in [1.807, 2.05) is 26.1 Å². The third-order valence-corrected chi connectivity index (χ3v) is 3.36. The van der Waals surface area contributed by atoms with Crippen LogP contribution in [0.25, 0.3) is 0 Å². The Labute approximate surface area is 107 Å². The average molecular weight is 262 g/mol. The first kappa shape index (κ1) is 13.8. The molecule has 0 amide bonds. The summed E-state index contributed by atoms with van der Waals surface area (Å²) in [4.78, 5) is 0. The van der Waals surface area contributed by atoms with Gasteiger partial charge in [-0.05, 0) is 44.2 Å². The molecule has 2 atom stereocenters. The zero-order valence-corrected chi connectivity index (χ0v) is 11.3. The largest absolute Gasteiger partial charge is 0.380 e. The number of ether oxygens (including phenoxy) is 1. The summed E-state index contributed by atoms with van der Waals surface area (Å²) in [7, 11) is 3.62. The van der Waals surface area contributed by atoms with Crippen LogP contribution >= 0.6 is 23.2 Å². The lowest BCUT2D eigenvalue weighted by Gasteiger charge is -2.22. The summed E-state index contributed by atoms with van der Waals surface area (Å²) in [5.74, 6) is 0. The number of hydrogen-bond donors (Lipinski definition) is 1. The van der Waals surface area contributed by atoms with Crippen LogP contribution in [0.3, 0.4) is 0 Å². The van der Waals surface area contributed by atoms with Crippen molar-refractivity contribution in [3.8, 4) is 0 Å². The summed E-state index contributed by atoms with van der Waals surface area (Å²) in [6, 6.07) is 5.74. The smallest absolute Gasteiger partial charge is 0.0699 e. The van der Waals surface area contributed by atoms with Crippen LogP contribution in [0.1, 0.15) is 12.5 Å². The molecule has 0 radical (unpaired) electrons. The second kappa shape index (κ2) is 6.45. The Bertz CT molecular complexity index is 344. The van der Waals surface area contributed by atoms with E-state index in [-0.39, 0.29) is 12.1 Å². The number of halogens is 2. The number of methoxy groups -OCH3 is 1. The highest BCUT2D eigenvalue weighted by atomic mass is 35.5. The lowest BCUT2D eigenvalue weighted by molar-refractivity contribution is 0.0857. The second-order valence-electron chi connectivity index (χ2n) is 3.78. The van der Waals surface area contributed by atoms with Gasteiger partial charge in [0.1, 0.15) is 0 Å². The lowest BCUT2D eigenvalue weighted by atomic mass is 10.0. The first-order valence-corrected chi connectivity index (χ1v) is 5.98. The molecule has 1 rings (SSSR count). The molecule has 1 aromatic carbocycles. The highest BCUT2D eigenvalue weighted by Crippen LogP contribution is 2.22. The van der Waals surface area contributed by atoms with Crippen LogP contribution in [0.15, 0.2) is 18.2 Å². The van der Waals surface area contributed by atoms with Gasteiger partial charge < -0.3 is 10.1 Å². The molecule has 1 aromatic rings. The summed E-state index contributed by atoms with van der Waals surface area (Å²) >= 11 is 12.1. The summed E-state index contributed by atoms with van der Waals surface area (Å²) in [6.07, 6.45) is 0.922. The molecule has 90 valence electrons. The van der Waals surface area contributed by atoms with Gasteiger partial charge in [0.15, 0.2) is 0 Å². The molecule has 4 heteroatoms. The van der Waals surface area contributed by atoms with Crippen molar-refractivity contribution < 1.29 is 4.74 Å². The average Bonchev–Trinajstić information content (AvgIpc) is 2.29. The standard InChI is InChI=1S/C12H17Cl2NO/c1-8(16-3)12(15-2)7-9-6-10(13)4-5-11(9)14/h4-6,8,12,15H,7H2,1-3H3. The number of nitrogens with one attached hydrogen (secondary N) is 1. The van der Waals surface area contributed by atoms with Crippen LogP contribution in [0, 0.1) is 0 Å². The van der Waals surface area contributed by atoms with Crippen molar-refractivity contribution >= 4 is 23.2 Å². The van der Waals surface area contributed by atoms with Crippen molar-refractivity contribution in [2.75, 3.05) is 14.2 Å². The molecule has 2 nitrogen and oxygen atoms in total. The maximum Gasteiger partial charge on any atom is 0.0699 e. The van der Waals surface area contributed by atoms with E-state index < -0.39 is 0 Å². The number of hydrogen-bond acceptors (Lipinski definition) is 2. The minimum Gasteiger partial charge on any atom is -0.380 e. The third kappa shape index (κ3) is 3.63. The van der Waals surface area contributed by atoms with Crippen molar-refractivity contribution in [1.82, 2.24) is 5.32 Å². The van der Waals surface area contributed by atoms with E-state index in [4.69, 9.17) is 27.9 Å². The van der Waals surface area contributed by atoms with Gasteiger partial charge >= 0.3 is 0 Å². The molecular formula is C12H17Cl2NO. The molecule has 0 spiro atoms. The van der Waals surface area contributed by atoms with E-state index in [1.54, 1.807) is 13.2 Å². The molecule has 1 N–H and O–H groups in total. The minimum atomic E-state index is 0.125. The van der Waals surface area contributed by atoms with Gasteiger partial charge in [-0.15, -0.1) is 0 Å². The molecule has 0 aromatic heterocycles. The maximum absolute atomic E-state index is 6.12. The van der Waals surface area contributed by atoms with Crippen molar-refractivity contribution in [3.05, 3.63) is 33.8 Å². The van der Waals surface area contributed by atoms with Crippen LogP contribution < -0.4 is 5.32 Å². The first-order valence-electron chi connectivity index (χ1n) is 5.22. The Morgan fingerprint density at radius 3 is 2.62 bits per heavy atom. The highest BCUT2D eigenvalue weighted by molar-refractivity contribution is 6.33. The Morgan fingerprint density at radius 2 is 2.06 bits per heavy atom. The summed E-state index contributed by atoms with van der Waals surface area (Å²) < 4.78 is 5.31. The van der Waals surface area contributed by atoms with Crippen LogP contribution in [-0.2, 0) is 11.2 Å². The molecule has 0 fully saturated rings. The molecule has 0 saturated carbocycles. The van der Waals surface area contributed by atoms with Crippen molar-refractivity contribution in [3.63, 3.8) is 0 Å². The Morgan fingerprint density at radius 1 is 1.38 bits per heavy atom. The van der Waals surface area contributed by atoms with Gasteiger partial charge in [0.25, 0.3) is 0 Å². The zero-order chi connectivity index (χ0) is 12.1. The fourth-order valence-corrected chi connectivity index (χ4v) is 1.99. The van der Waals surface area contributed by atoms with E-state index in [0.29, 0.717) is 5.02 Å². The van der Waals surface area contributed by atoms with Gasteiger partial charge in [-0.2, -0.15) is 0 Å². The molecule has 0 aliphatic rings. The van der Waals surface area contributed by atoms with E-state index >= 15 is 0 Å². The van der Waals surface area contributed by atoms with Gasteiger partial charge in [-0.3, -0.25) is 0 Å². The van der Waals surface area contributed by atoms with E-state index in [1.165, 1.54) is 0 Å². The molecule has 0 saturated heterocycles. The summed E-state index contributed by atoms with van der Waals surface area (Å²) in [5, 5.41) is 4.67. The van der Waals surface area contributed by atoms with Crippen LogP contribution in [0.5, 0.6) is 0 Å². The Kier molecular flexibility index (Phi) is 5.56. The quantitative estimate of drug-likeness (QED) is 0.880. The van der Waals surface area contributed by atoms with Gasteiger partial charge in [-0.1, -0.05) is 23.2 Å². The normalized spacial score (nSPS) is 14.8. The van der Waals surface area contributed by atoms with Crippen molar-refractivity contribution in [1.29, 1.82) is 0 Å². The van der Waals surface area contributed by atoms with E-state index in [0.717, 1.165) is 17.0 Å². The fraction of sp³-hybridized carbons (Fsp3) is 0.500. The maximum atomic E-state index is 6.12.